The van der Waals surface area contributed by atoms with Crippen molar-refractivity contribution in [2.45, 2.75) is 19.9 Å². The Morgan fingerprint density at radius 3 is 2.80 bits per heavy atom. The maximum absolute atomic E-state index is 5.52. The third kappa shape index (κ3) is 2.41. The maximum atomic E-state index is 5.52. The number of thiocarbonyl (C=S) groups is 1. The molecule has 0 bridgehead atoms. The summed E-state index contributed by atoms with van der Waals surface area (Å²) in [7, 11) is 2.00. The van der Waals surface area contributed by atoms with Gasteiger partial charge in [0.25, 0.3) is 0 Å². The number of para-hydroxylation sites is 1. The molecule has 0 unspecified atom stereocenters. The van der Waals surface area contributed by atoms with E-state index in [1.165, 1.54) is 11.3 Å². The molecule has 0 radical (unpaired) electrons. The van der Waals surface area contributed by atoms with E-state index in [4.69, 9.17) is 12.2 Å². The highest BCUT2D eigenvalue weighted by molar-refractivity contribution is 7.80. The zero-order chi connectivity index (χ0) is 14.1. The Morgan fingerprint density at radius 2 is 2.05 bits per heavy atom. The molecule has 1 aromatic carbocycles. The van der Waals surface area contributed by atoms with Gasteiger partial charge in [0.1, 0.15) is 0 Å². The van der Waals surface area contributed by atoms with Gasteiger partial charge in [-0.1, -0.05) is 18.2 Å². The topological polar surface area (TPSA) is 33.1 Å². The van der Waals surface area contributed by atoms with Gasteiger partial charge in [-0.05, 0) is 43.3 Å². The molecule has 1 aliphatic heterocycles. The van der Waals surface area contributed by atoms with Crippen LogP contribution in [0.2, 0.25) is 0 Å². The van der Waals surface area contributed by atoms with Crippen molar-refractivity contribution in [1.82, 2.24) is 14.7 Å². The third-order valence-electron chi connectivity index (χ3n) is 3.76. The first kappa shape index (κ1) is 13.1. The molecule has 0 saturated carbocycles. The summed E-state index contributed by atoms with van der Waals surface area (Å²) in [4.78, 5) is 2.20. The minimum atomic E-state index is 0.778. The SMILES string of the molecule is Cc1nn(C)c2c1CCN(C(=S)Nc1ccccc1)C2. The first-order valence-electron chi connectivity index (χ1n) is 6.77. The Morgan fingerprint density at radius 1 is 1.30 bits per heavy atom. The van der Waals surface area contributed by atoms with Crippen LogP contribution in [0, 0.1) is 6.92 Å². The highest BCUT2D eigenvalue weighted by Gasteiger charge is 2.23. The molecule has 1 aliphatic rings. The van der Waals surface area contributed by atoms with Crippen LogP contribution in [0.4, 0.5) is 5.69 Å². The lowest BCUT2D eigenvalue weighted by atomic mass is 10.1. The second-order valence-corrected chi connectivity index (χ2v) is 5.49. The van der Waals surface area contributed by atoms with E-state index in [0.717, 1.165) is 36.0 Å². The molecular formula is C15H18N4S. The number of aromatic nitrogens is 2. The second kappa shape index (κ2) is 5.25. The molecule has 0 saturated heterocycles. The summed E-state index contributed by atoms with van der Waals surface area (Å²) in [6.07, 6.45) is 1.01. The van der Waals surface area contributed by atoms with Gasteiger partial charge in [0.05, 0.1) is 17.9 Å². The number of nitrogens with zero attached hydrogens (tertiary/aromatic N) is 3. The lowest BCUT2D eigenvalue weighted by Gasteiger charge is -2.30. The van der Waals surface area contributed by atoms with E-state index in [1.807, 2.05) is 42.1 Å². The number of aryl methyl sites for hydroxylation is 2. The molecule has 104 valence electrons. The summed E-state index contributed by atoms with van der Waals surface area (Å²) >= 11 is 5.52. The highest BCUT2D eigenvalue weighted by atomic mass is 32.1. The van der Waals surface area contributed by atoms with Crippen LogP contribution in [0.1, 0.15) is 17.0 Å². The van der Waals surface area contributed by atoms with E-state index in [9.17, 15) is 0 Å². The minimum Gasteiger partial charge on any atom is -0.343 e. The molecule has 4 nitrogen and oxygen atoms in total. The second-order valence-electron chi connectivity index (χ2n) is 5.10. The minimum absolute atomic E-state index is 0.778. The molecule has 20 heavy (non-hydrogen) atoms. The average Bonchev–Trinajstić information content (AvgIpc) is 2.75. The number of nitrogens with one attached hydrogen (secondary N) is 1. The molecule has 5 heteroatoms. The Labute approximate surface area is 124 Å². The molecule has 0 amide bonds. The van der Waals surface area contributed by atoms with E-state index in [2.05, 4.69) is 22.2 Å². The summed E-state index contributed by atoms with van der Waals surface area (Å²) in [5, 5.41) is 8.57. The number of hydrogen-bond donors (Lipinski definition) is 1. The predicted octanol–water partition coefficient (Wildman–Crippen LogP) is 2.48. The molecule has 2 heterocycles. The molecule has 0 fully saturated rings. The van der Waals surface area contributed by atoms with Crippen molar-refractivity contribution in [3.05, 3.63) is 47.3 Å². The van der Waals surface area contributed by atoms with Gasteiger partial charge in [-0.2, -0.15) is 5.10 Å². The van der Waals surface area contributed by atoms with Crippen LogP contribution < -0.4 is 5.32 Å². The molecule has 0 atom stereocenters. The molecule has 1 aromatic heterocycles. The van der Waals surface area contributed by atoms with Gasteiger partial charge in [-0.3, -0.25) is 4.68 Å². The standard InChI is InChI=1S/C15H18N4S/c1-11-13-8-9-19(10-14(13)18(2)17-11)15(20)16-12-6-4-3-5-7-12/h3-7H,8-10H2,1-2H3,(H,16,20). The van der Waals surface area contributed by atoms with Crippen LogP contribution in [-0.2, 0) is 20.0 Å². The van der Waals surface area contributed by atoms with Crippen LogP contribution >= 0.6 is 12.2 Å². The molecule has 0 aliphatic carbocycles. The van der Waals surface area contributed by atoms with Crippen LogP contribution in [0.25, 0.3) is 0 Å². The molecule has 3 rings (SSSR count). The van der Waals surface area contributed by atoms with Gasteiger partial charge in [0.15, 0.2) is 5.11 Å². The molecular weight excluding hydrogens is 268 g/mol. The van der Waals surface area contributed by atoms with Crippen molar-refractivity contribution < 1.29 is 0 Å². The first-order chi connectivity index (χ1) is 9.65. The normalized spacial score (nSPS) is 14.0. The number of anilines is 1. The van der Waals surface area contributed by atoms with Crippen molar-refractivity contribution in [3.8, 4) is 0 Å². The number of fused-ring (bicyclic) bond motifs is 1. The molecule has 0 spiro atoms. The fourth-order valence-corrected chi connectivity index (χ4v) is 2.95. The molecule has 1 N–H and O–H groups in total. The number of hydrogen-bond acceptors (Lipinski definition) is 2. The molecule has 2 aromatic rings. The van der Waals surface area contributed by atoms with E-state index < -0.39 is 0 Å². The van der Waals surface area contributed by atoms with Gasteiger partial charge in [-0.15, -0.1) is 0 Å². The summed E-state index contributed by atoms with van der Waals surface area (Å²) in [6.45, 7) is 3.85. The highest BCUT2D eigenvalue weighted by Crippen LogP contribution is 2.22. The Kier molecular flexibility index (Phi) is 3.44. The smallest absolute Gasteiger partial charge is 0.173 e. The van der Waals surface area contributed by atoms with Crippen LogP contribution in [-0.4, -0.2) is 26.3 Å². The fraction of sp³-hybridized carbons (Fsp3) is 0.333. The van der Waals surface area contributed by atoms with Gasteiger partial charge < -0.3 is 10.2 Å². The first-order valence-corrected chi connectivity index (χ1v) is 7.18. The average molecular weight is 286 g/mol. The maximum Gasteiger partial charge on any atom is 0.173 e. The van der Waals surface area contributed by atoms with Gasteiger partial charge in [-0.25, -0.2) is 0 Å². The summed E-state index contributed by atoms with van der Waals surface area (Å²) < 4.78 is 1.97. The monoisotopic (exact) mass is 286 g/mol. The van der Waals surface area contributed by atoms with Crippen molar-refractivity contribution in [2.75, 3.05) is 11.9 Å². The summed E-state index contributed by atoms with van der Waals surface area (Å²) in [5.41, 5.74) is 4.82. The lowest BCUT2D eigenvalue weighted by Crippen LogP contribution is -2.39. The van der Waals surface area contributed by atoms with Crippen LogP contribution in [0.3, 0.4) is 0 Å². The van der Waals surface area contributed by atoms with Gasteiger partial charge in [0.2, 0.25) is 0 Å². The summed E-state index contributed by atoms with van der Waals surface area (Å²) in [6, 6.07) is 10.1. The Hall–Kier alpha value is -1.88. The number of benzene rings is 1. The van der Waals surface area contributed by atoms with Gasteiger partial charge in [0, 0.05) is 19.3 Å². The Bertz CT molecular complexity index is 633. The number of rotatable bonds is 1. The Balaban J connectivity index is 1.74. The van der Waals surface area contributed by atoms with E-state index >= 15 is 0 Å². The quantitative estimate of drug-likeness (QED) is 0.817. The van der Waals surface area contributed by atoms with E-state index in [1.54, 1.807) is 0 Å². The third-order valence-corrected chi connectivity index (χ3v) is 4.12. The van der Waals surface area contributed by atoms with Crippen molar-refractivity contribution in [2.24, 2.45) is 7.05 Å². The van der Waals surface area contributed by atoms with Crippen molar-refractivity contribution in [1.29, 1.82) is 0 Å². The largest absolute Gasteiger partial charge is 0.343 e. The van der Waals surface area contributed by atoms with E-state index in [0.29, 0.717) is 0 Å². The van der Waals surface area contributed by atoms with Crippen LogP contribution in [0.5, 0.6) is 0 Å². The zero-order valence-electron chi connectivity index (χ0n) is 11.8. The fourth-order valence-electron chi connectivity index (χ4n) is 2.68. The van der Waals surface area contributed by atoms with Crippen LogP contribution in [0.15, 0.2) is 30.3 Å². The van der Waals surface area contributed by atoms with Crippen molar-refractivity contribution in [3.63, 3.8) is 0 Å². The van der Waals surface area contributed by atoms with Gasteiger partial charge >= 0.3 is 0 Å². The zero-order valence-corrected chi connectivity index (χ0v) is 12.6. The lowest BCUT2D eigenvalue weighted by molar-refractivity contribution is 0.384. The van der Waals surface area contributed by atoms with Crippen molar-refractivity contribution >= 4 is 23.0 Å². The summed E-state index contributed by atoms with van der Waals surface area (Å²) in [5.74, 6) is 0. The predicted molar refractivity (Wildman–Crippen MR) is 84.7 cm³/mol. The van der Waals surface area contributed by atoms with E-state index in [-0.39, 0.29) is 0 Å².